The number of aromatic carboxylic acids is 1. The van der Waals surface area contributed by atoms with E-state index in [1.165, 1.54) is 0 Å². The Morgan fingerprint density at radius 3 is 2.27 bits per heavy atom. The zero-order chi connectivity index (χ0) is 11.3. The van der Waals surface area contributed by atoms with Gasteiger partial charge < -0.3 is 5.11 Å². The van der Waals surface area contributed by atoms with Gasteiger partial charge in [0, 0.05) is 0 Å². The lowest BCUT2D eigenvalue weighted by atomic mass is 10.1. The van der Waals surface area contributed by atoms with Crippen molar-refractivity contribution in [3.05, 3.63) is 61.2 Å². The first-order valence-electron chi connectivity index (χ1n) is 4.50. The van der Waals surface area contributed by atoms with Gasteiger partial charge in [-0.15, -0.1) is 13.2 Å². The van der Waals surface area contributed by atoms with Crippen LogP contribution in [-0.4, -0.2) is 11.1 Å². The molecule has 0 aliphatic rings. The van der Waals surface area contributed by atoms with E-state index in [1.54, 1.807) is 12.1 Å². The van der Waals surface area contributed by atoms with E-state index in [0.29, 0.717) is 5.56 Å². The minimum absolute atomic E-state index is 0.359. The van der Waals surface area contributed by atoms with Crippen molar-refractivity contribution in [2.45, 2.75) is 0 Å². The van der Waals surface area contributed by atoms with E-state index in [4.69, 9.17) is 5.11 Å². The van der Waals surface area contributed by atoms with Crippen LogP contribution in [0.2, 0.25) is 0 Å². The van der Waals surface area contributed by atoms with Gasteiger partial charge in [0.1, 0.15) is 0 Å². The first kappa shape index (κ1) is 11.0. The van der Waals surface area contributed by atoms with E-state index in [0.717, 1.165) is 10.8 Å². The van der Waals surface area contributed by atoms with E-state index in [9.17, 15) is 4.79 Å². The molecule has 76 valence electrons. The van der Waals surface area contributed by atoms with Crippen molar-refractivity contribution in [2.24, 2.45) is 0 Å². The molecule has 15 heavy (non-hydrogen) atoms. The topological polar surface area (TPSA) is 37.3 Å². The fourth-order valence-corrected chi connectivity index (χ4v) is 1.41. The normalized spacial score (nSPS) is 9.07. The van der Waals surface area contributed by atoms with Gasteiger partial charge in [-0.05, 0) is 16.8 Å². The van der Waals surface area contributed by atoms with Crippen LogP contribution in [0.5, 0.6) is 0 Å². The maximum Gasteiger partial charge on any atom is 0.336 e. The number of carboxylic acids is 1. The van der Waals surface area contributed by atoms with Crippen molar-refractivity contribution in [3.8, 4) is 0 Å². The Bertz CT molecular complexity index is 469. The third-order valence-corrected chi connectivity index (χ3v) is 2.02. The van der Waals surface area contributed by atoms with Crippen LogP contribution in [0.1, 0.15) is 10.4 Å². The fourth-order valence-electron chi connectivity index (χ4n) is 1.41. The molecule has 2 rings (SSSR count). The van der Waals surface area contributed by atoms with Gasteiger partial charge in [-0.1, -0.05) is 36.4 Å². The Hall–Kier alpha value is -2.09. The first-order chi connectivity index (χ1) is 7.29. The summed E-state index contributed by atoms with van der Waals surface area (Å²) in [4.78, 5) is 10.8. The minimum atomic E-state index is -0.878. The maximum atomic E-state index is 10.8. The second-order valence-corrected chi connectivity index (χ2v) is 2.83. The van der Waals surface area contributed by atoms with Crippen molar-refractivity contribution in [1.29, 1.82) is 0 Å². The van der Waals surface area contributed by atoms with Crippen LogP contribution in [0.4, 0.5) is 0 Å². The third-order valence-electron chi connectivity index (χ3n) is 2.02. The van der Waals surface area contributed by atoms with Gasteiger partial charge in [-0.25, -0.2) is 4.79 Å². The van der Waals surface area contributed by atoms with Crippen molar-refractivity contribution in [3.63, 3.8) is 0 Å². The molecule has 0 unspecified atom stereocenters. The lowest BCUT2D eigenvalue weighted by Crippen LogP contribution is -1.96. The average Bonchev–Trinajstić information content (AvgIpc) is 2.31. The fraction of sp³-hybridized carbons (Fsp3) is 0. The quantitative estimate of drug-likeness (QED) is 0.717. The summed E-state index contributed by atoms with van der Waals surface area (Å²) < 4.78 is 0. The molecule has 0 spiro atoms. The monoisotopic (exact) mass is 200 g/mol. The van der Waals surface area contributed by atoms with Crippen LogP contribution >= 0.6 is 0 Å². The molecular weight excluding hydrogens is 188 g/mol. The maximum absolute atomic E-state index is 10.8. The molecule has 0 radical (unpaired) electrons. The van der Waals surface area contributed by atoms with Gasteiger partial charge in [0.2, 0.25) is 0 Å². The first-order valence-corrected chi connectivity index (χ1v) is 4.50. The Morgan fingerprint density at radius 2 is 1.60 bits per heavy atom. The lowest BCUT2D eigenvalue weighted by Gasteiger charge is -2.00. The van der Waals surface area contributed by atoms with Crippen molar-refractivity contribution in [2.75, 3.05) is 0 Å². The molecule has 2 heteroatoms. The summed E-state index contributed by atoms with van der Waals surface area (Å²) in [5.41, 5.74) is 0.359. The molecule has 2 aromatic carbocycles. The average molecular weight is 200 g/mol. The highest BCUT2D eigenvalue weighted by atomic mass is 16.4. The molecule has 0 aliphatic carbocycles. The summed E-state index contributed by atoms with van der Waals surface area (Å²) in [7, 11) is 0. The largest absolute Gasteiger partial charge is 0.478 e. The molecule has 0 fully saturated rings. The summed E-state index contributed by atoms with van der Waals surface area (Å²) in [5.74, 6) is -0.878. The highest BCUT2D eigenvalue weighted by molar-refractivity contribution is 6.03. The molecule has 0 aliphatic heterocycles. The minimum Gasteiger partial charge on any atom is -0.478 e. The molecule has 0 saturated heterocycles. The molecule has 2 nitrogen and oxygen atoms in total. The molecule has 0 amide bonds. The van der Waals surface area contributed by atoms with Crippen molar-refractivity contribution >= 4 is 16.7 Å². The van der Waals surface area contributed by atoms with Crippen molar-refractivity contribution < 1.29 is 9.90 Å². The Balaban J connectivity index is 0.000000531. The molecule has 0 heterocycles. The van der Waals surface area contributed by atoms with Crippen LogP contribution in [0.25, 0.3) is 10.8 Å². The number of fused-ring (bicyclic) bond motifs is 1. The molecule has 0 bridgehead atoms. The molecule has 0 aromatic heterocycles. The van der Waals surface area contributed by atoms with Crippen LogP contribution in [-0.2, 0) is 0 Å². The Kier molecular flexibility index (Phi) is 3.63. The number of carboxylic acid groups (broad SMARTS) is 1. The second kappa shape index (κ2) is 4.96. The molecule has 2 aromatic rings. The smallest absolute Gasteiger partial charge is 0.336 e. The number of carbonyl (C=O) groups is 1. The molecule has 0 saturated carbocycles. The summed E-state index contributed by atoms with van der Waals surface area (Å²) in [6.07, 6.45) is 0. The van der Waals surface area contributed by atoms with Crippen LogP contribution in [0.15, 0.2) is 55.6 Å². The van der Waals surface area contributed by atoms with E-state index in [2.05, 4.69) is 13.2 Å². The van der Waals surface area contributed by atoms with Crippen LogP contribution in [0.3, 0.4) is 0 Å². The SMILES string of the molecule is C=C.O=C(O)c1cccc2ccccc12. The van der Waals surface area contributed by atoms with Gasteiger partial charge in [0.05, 0.1) is 5.56 Å². The zero-order valence-electron chi connectivity index (χ0n) is 8.31. The highest BCUT2D eigenvalue weighted by Gasteiger charge is 2.05. The lowest BCUT2D eigenvalue weighted by molar-refractivity contribution is 0.0699. The number of hydrogen-bond acceptors (Lipinski definition) is 1. The molecule has 1 N–H and O–H groups in total. The number of hydrogen-bond donors (Lipinski definition) is 1. The van der Waals surface area contributed by atoms with E-state index in [-0.39, 0.29) is 0 Å². The number of benzene rings is 2. The van der Waals surface area contributed by atoms with Crippen molar-refractivity contribution in [1.82, 2.24) is 0 Å². The predicted molar refractivity (Wildman–Crippen MR) is 62.2 cm³/mol. The van der Waals surface area contributed by atoms with E-state index < -0.39 is 5.97 Å². The zero-order valence-corrected chi connectivity index (χ0v) is 8.31. The van der Waals surface area contributed by atoms with Gasteiger partial charge >= 0.3 is 5.97 Å². The predicted octanol–water partition coefficient (Wildman–Crippen LogP) is 3.34. The van der Waals surface area contributed by atoms with Gasteiger partial charge in [0.15, 0.2) is 0 Å². The highest BCUT2D eigenvalue weighted by Crippen LogP contribution is 2.17. The second-order valence-electron chi connectivity index (χ2n) is 2.83. The van der Waals surface area contributed by atoms with E-state index >= 15 is 0 Å². The standard InChI is InChI=1S/C11H8O2.C2H4/c12-11(13)10-7-3-5-8-4-1-2-6-9(8)10;1-2/h1-7H,(H,12,13);1-2H2. The van der Waals surface area contributed by atoms with Crippen LogP contribution < -0.4 is 0 Å². The molecular formula is C13H12O2. The summed E-state index contributed by atoms with van der Waals surface area (Å²) >= 11 is 0. The Morgan fingerprint density at radius 1 is 1.00 bits per heavy atom. The van der Waals surface area contributed by atoms with Gasteiger partial charge in [-0.3, -0.25) is 0 Å². The summed E-state index contributed by atoms with van der Waals surface area (Å²) in [6.45, 7) is 6.00. The van der Waals surface area contributed by atoms with E-state index in [1.807, 2.05) is 30.3 Å². The Labute approximate surface area is 88.5 Å². The summed E-state index contributed by atoms with van der Waals surface area (Å²) in [5, 5.41) is 10.6. The summed E-state index contributed by atoms with van der Waals surface area (Å²) in [6, 6.07) is 12.7. The third kappa shape index (κ3) is 2.23. The van der Waals surface area contributed by atoms with Crippen LogP contribution in [0, 0.1) is 0 Å². The van der Waals surface area contributed by atoms with Gasteiger partial charge in [0.25, 0.3) is 0 Å². The number of rotatable bonds is 1. The van der Waals surface area contributed by atoms with Gasteiger partial charge in [-0.2, -0.15) is 0 Å². The molecule has 0 atom stereocenters.